The Kier molecular flexibility index (Phi) is 5.24. The number of halogens is 1. The van der Waals surface area contributed by atoms with Crippen LogP contribution in [-0.2, 0) is 14.8 Å². The molecule has 24 heavy (non-hydrogen) atoms. The van der Waals surface area contributed by atoms with E-state index >= 15 is 0 Å². The number of piperidine rings is 1. The molecule has 1 fully saturated rings. The Hall–Kier alpha value is -1.41. The summed E-state index contributed by atoms with van der Waals surface area (Å²) in [5, 5.41) is 5.01. The molecule has 2 heterocycles. The van der Waals surface area contributed by atoms with Crippen molar-refractivity contribution >= 4 is 44.6 Å². The molecule has 2 aromatic rings. The van der Waals surface area contributed by atoms with Crippen LogP contribution in [0.25, 0.3) is 0 Å². The molecule has 3 rings (SSSR count). The third-order valence-electron chi connectivity index (χ3n) is 3.91. The Morgan fingerprint density at radius 1 is 1.25 bits per heavy atom. The van der Waals surface area contributed by atoms with Crippen molar-refractivity contribution < 1.29 is 13.2 Å². The Balaban J connectivity index is 1.83. The Morgan fingerprint density at radius 3 is 2.79 bits per heavy atom. The SMILES string of the molecule is O=C(Nc1cccc(Cl)c1)[C@H]1CCCCN1S(=O)(=O)c1cccs1. The third-order valence-corrected chi connectivity index (χ3v) is 7.42. The van der Waals surface area contributed by atoms with E-state index in [2.05, 4.69) is 5.32 Å². The van der Waals surface area contributed by atoms with Gasteiger partial charge in [0, 0.05) is 17.3 Å². The van der Waals surface area contributed by atoms with Crippen molar-refractivity contribution in [2.75, 3.05) is 11.9 Å². The van der Waals surface area contributed by atoms with Gasteiger partial charge in [-0.15, -0.1) is 11.3 Å². The highest BCUT2D eigenvalue weighted by Crippen LogP contribution is 2.28. The highest BCUT2D eigenvalue weighted by molar-refractivity contribution is 7.91. The molecule has 0 bridgehead atoms. The number of benzene rings is 1. The quantitative estimate of drug-likeness (QED) is 0.876. The van der Waals surface area contributed by atoms with Crippen LogP contribution in [-0.4, -0.2) is 31.2 Å². The normalized spacial score (nSPS) is 19.1. The second-order valence-electron chi connectivity index (χ2n) is 5.56. The molecule has 1 saturated heterocycles. The first kappa shape index (κ1) is 17.4. The van der Waals surface area contributed by atoms with Crippen LogP contribution in [0.4, 0.5) is 5.69 Å². The number of sulfonamides is 1. The summed E-state index contributed by atoms with van der Waals surface area (Å²) in [4.78, 5) is 12.6. The number of anilines is 1. The molecule has 0 radical (unpaired) electrons. The van der Waals surface area contributed by atoms with Crippen LogP contribution in [0.5, 0.6) is 0 Å². The zero-order chi connectivity index (χ0) is 17.2. The van der Waals surface area contributed by atoms with E-state index in [-0.39, 0.29) is 10.1 Å². The minimum Gasteiger partial charge on any atom is -0.325 e. The minimum absolute atomic E-state index is 0.268. The third kappa shape index (κ3) is 3.64. The van der Waals surface area contributed by atoms with Crippen LogP contribution in [0.1, 0.15) is 19.3 Å². The first-order chi connectivity index (χ1) is 11.5. The number of thiophene rings is 1. The highest BCUT2D eigenvalue weighted by Gasteiger charge is 2.38. The molecule has 5 nitrogen and oxygen atoms in total. The van der Waals surface area contributed by atoms with Gasteiger partial charge in [0.1, 0.15) is 10.3 Å². The average Bonchev–Trinajstić information content (AvgIpc) is 3.10. The van der Waals surface area contributed by atoms with Crippen LogP contribution in [0, 0.1) is 0 Å². The zero-order valence-corrected chi connectivity index (χ0v) is 15.2. The zero-order valence-electron chi connectivity index (χ0n) is 12.8. The van der Waals surface area contributed by atoms with Crippen molar-refractivity contribution in [3.05, 3.63) is 46.8 Å². The van der Waals surface area contributed by atoms with Crippen molar-refractivity contribution in [3.63, 3.8) is 0 Å². The van der Waals surface area contributed by atoms with Gasteiger partial charge in [0.05, 0.1) is 0 Å². The van der Waals surface area contributed by atoms with Gasteiger partial charge < -0.3 is 5.32 Å². The molecule has 1 aliphatic rings. The maximum absolute atomic E-state index is 12.8. The fraction of sp³-hybridized carbons (Fsp3) is 0.312. The lowest BCUT2D eigenvalue weighted by Gasteiger charge is -2.33. The van der Waals surface area contributed by atoms with Gasteiger partial charge in [0.25, 0.3) is 10.0 Å². The van der Waals surface area contributed by atoms with E-state index in [9.17, 15) is 13.2 Å². The van der Waals surface area contributed by atoms with E-state index in [0.717, 1.165) is 24.2 Å². The van der Waals surface area contributed by atoms with Crippen LogP contribution in [0.15, 0.2) is 46.0 Å². The number of hydrogen-bond donors (Lipinski definition) is 1. The second kappa shape index (κ2) is 7.23. The fourth-order valence-electron chi connectivity index (χ4n) is 2.77. The first-order valence-electron chi connectivity index (χ1n) is 7.60. The van der Waals surface area contributed by atoms with Gasteiger partial charge in [-0.2, -0.15) is 4.31 Å². The number of rotatable bonds is 4. The topological polar surface area (TPSA) is 66.5 Å². The minimum atomic E-state index is -3.65. The lowest BCUT2D eigenvalue weighted by atomic mass is 10.0. The molecule has 1 aromatic carbocycles. The van der Waals surface area contributed by atoms with Gasteiger partial charge in [0.15, 0.2) is 0 Å². The monoisotopic (exact) mass is 384 g/mol. The number of carbonyl (C=O) groups is 1. The molecule has 128 valence electrons. The summed E-state index contributed by atoms with van der Waals surface area (Å²) in [5.41, 5.74) is 0.562. The molecule has 0 saturated carbocycles. The van der Waals surface area contributed by atoms with Gasteiger partial charge in [-0.25, -0.2) is 8.42 Å². The molecule has 0 aliphatic carbocycles. The van der Waals surface area contributed by atoms with Crippen molar-refractivity contribution in [1.82, 2.24) is 4.31 Å². The van der Waals surface area contributed by atoms with Crippen LogP contribution in [0.2, 0.25) is 5.02 Å². The van der Waals surface area contributed by atoms with Gasteiger partial charge in [-0.3, -0.25) is 4.79 Å². The molecule has 1 aliphatic heterocycles. The Labute approximate surface area is 150 Å². The predicted molar refractivity (Wildman–Crippen MR) is 95.9 cm³/mol. The van der Waals surface area contributed by atoms with Gasteiger partial charge >= 0.3 is 0 Å². The predicted octanol–water partition coefficient (Wildman–Crippen LogP) is 3.58. The Morgan fingerprint density at radius 2 is 2.08 bits per heavy atom. The van der Waals surface area contributed by atoms with Gasteiger partial charge in [-0.1, -0.05) is 30.2 Å². The molecule has 0 spiro atoms. The van der Waals surface area contributed by atoms with Crippen LogP contribution < -0.4 is 5.32 Å². The number of nitrogens with zero attached hydrogens (tertiary/aromatic N) is 1. The van der Waals surface area contributed by atoms with E-state index in [4.69, 9.17) is 11.6 Å². The first-order valence-corrected chi connectivity index (χ1v) is 10.3. The van der Waals surface area contributed by atoms with Crippen molar-refractivity contribution in [2.45, 2.75) is 29.5 Å². The maximum atomic E-state index is 12.8. The lowest BCUT2D eigenvalue weighted by molar-refractivity contribution is -0.120. The van der Waals surface area contributed by atoms with Crippen LogP contribution >= 0.6 is 22.9 Å². The largest absolute Gasteiger partial charge is 0.325 e. The average molecular weight is 385 g/mol. The van der Waals surface area contributed by atoms with E-state index in [1.165, 1.54) is 4.31 Å². The van der Waals surface area contributed by atoms with E-state index in [0.29, 0.717) is 23.7 Å². The summed E-state index contributed by atoms with van der Waals surface area (Å²) in [6.45, 7) is 0.355. The second-order valence-corrected chi connectivity index (χ2v) is 9.06. The molecular weight excluding hydrogens is 368 g/mol. The molecule has 8 heteroatoms. The van der Waals surface area contributed by atoms with Crippen molar-refractivity contribution in [3.8, 4) is 0 Å². The summed E-state index contributed by atoms with van der Waals surface area (Å²) in [6, 6.07) is 9.38. The van der Waals surface area contributed by atoms with E-state index in [1.807, 2.05) is 0 Å². The van der Waals surface area contributed by atoms with E-state index in [1.54, 1.807) is 41.8 Å². The fourth-order valence-corrected chi connectivity index (χ4v) is 5.74. The summed E-state index contributed by atoms with van der Waals surface area (Å²) in [7, 11) is -3.65. The Bertz CT molecular complexity index is 822. The maximum Gasteiger partial charge on any atom is 0.253 e. The van der Waals surface area contributed by atoms with Crippen LogP contribution in [0.3, 0.4) is 0 Å². The molecular formula is C16H17ClN2O3S2. The smallest absolute Gasteiger partial charge is 0.253 e. The molecule has 0 unspecified atom stereocenters. The number of amides is 1. The summed E-state index contributed by atoms with van der Waals surface area (Å²) >= 11 is 7.09. The number of hydrogen-bond acceptors (Lipinski definition) is 4. The lowest BCUT2D eigenvalue weighted by Crippen LogP contribution is -2.49. The number of carbonyl (C=O) groups excluding carboxylic acids is 1. The van der Waals surface area contributed by atoms with Crippen molar-refractivity contribution in [1.29, 1.82) is 0 Å². The molecule has 1 amide bonds. The molecule has 1 N–H and O–H groups in total. The highest BCUT2D eigenvalue weighted by atomic mass is 35.5. The molecule has 1 aromatic heterocycles. The number of nitrogens with one attached hydrogen (secondary N) is 1. The van der Waals surface area contributed by atoms with E-state index < -0.39 is 16.1 Å². The summed E-state index contributed by atoms with van der Waals surface area (Å²) < 4.78 is 27.2. The van der Waals surface area contributed by atoms with Gasteiger partial charge in [-0.05, 0) is 42.5 Å². The van der Waals surface area contributed by atoms with Gasteiger partial charge in [0.2, 0.25) is 5.91 Å². The summed E-state index contributed by atoms with van der Waals surface area (Å²) in [6.07, 6.45) is 2.09. The standard InChI is InChI=1S/C16H17ClN2O3S2/c17-12-5-3-6-13(11-12)18-16(20)14-7-1-2-9-19(14)24(21,22)15-8-4-10-23-15/h3-6,8,10-11,14H,1-2,7,9H2,(H,18,20)/t14-/m1/s1. The summed E-state index contributed by atoms with van der Waals surface area (Å²) in [5.74, 6) is -0.322. The molecule has 1 atom stereocenters. The van der Waals surface area contributed by atoms with Crippen molar-refractivity contribution in [2.24, 2.45) is 0 Å².